The maximum absolute atomic E-state index is 13.2. The molecule has 1 aromatic rings. The van der Waals surface area contributed by atoms with Gasteiger partial charge in [-0.15, -0.1) is 0 Å². The number of halogens is 1. The predicted octanol–water partition coefficient (Wildman–Crippen LogP) is 2.93. The Morgan fingerprint density at radius 3 is 2.56 bits per heavy atom. The van der Waals surface area contributed by atoms with Crippen molar-refractivity contribution >= 4 is 11.8 Å². The van der Waals surface area contributed by atoms with Crippen molar-refractivity contribution in [2.75, 3.05) is 19.6 Å². The second kappa shape index (κ2) is 10.4. The topological polar surface area (TPSA) is 66.6 Å². The van der Waals surface area contributed by atoms with E-state index >= 15 is 0 Å². The van der Waals surface area contributed by atoms with Crippen LogP contribution in [0.4, 0.5) is 4.39 Å². The number of amides is 2. The lowest BCUT2D eigenvalue weighted by Gasteiger charge is -2.35. The van der Waals surface area contributed by atoms with Crippen LogP contribution < -0.4 is 5.73 Å². The average Bonchev–Trinajstić information content (AvgIpc) is 2.80. The lowest BCUT2D eigenvalue weighted by molar-refractivity contribution is -0.134. The monoisotopic (exact) mass is 377 g/mol. The lowest BCUT2D eigenvalue weighted by atomic mass is 10.0. The Hall–Kier alpha value is -1.95. The summed E-state index contributed by atoms with van der Waals surface area (Å²) in [5.41, 5.74) is 6.40. The molecule has 1 heterocycles. The van der Waals surface area contributed by atoms with Gasteiger partial charge in [0.05, 0.1) is 6.04 Å². The van der Waals surface area contributed by atoms with E-state index in [9.17, 15) is 14.0 Å². The van der Waals surface area contributed by atoms with Crippen molar-refractivity contribution in [1.82, 2.24) is 9.80 Å². The zero-order valence-corrected chi connectivity index (χ0v) is 16.5. The van der Waals surface area contributed by atoms with Gasteiger partial charge in [0.1, 0.15) is 5.82 Å². The Balaban J connectivity index is 2.06. The van der Waals surface area contributed by atoms with Gasteiger partial charge in [0, 0.05) is 32.5 Å². The van der Waals surface area contributed by atoms with Crippen LogP contribution >= 0.6 is 0 Å². The summed E-state index contributed by atoms with van der Waals surface area (Å²) in [4.78, 5) is 29.1. The van der Waals surface area contributed by atoms with Crippen LogP contribution in [0.1, 0.15) is 51.5 Å². The van der Waals surface area contributed by atoms with E-state index in [0.717, 1.165) is 24.8 Å². The normalized spacial score (nSPS) is 18.1. The molecule has 1 saturated heterocycles. The maximum atomic E-state index is 13.2. The Labute approximate surface area is 161 Å². The summed E-state index contributed by atoms with van der Waals surface area (Å²) in [7, 11) is 0. The summed E-state index contributed by atoms with van der Waals surface area (Å²) in [5.74, 6) is 0.110. The molecule has 0 saturated carbocycles. The number of nitrogens with zero attached hydrogens (tertiary/aromatic N) is 2. The molecule has 0 aromatic heterocycles. The maximum Gasteiger partial charge on any atom is 0.224 e. The first-order valence-corrected chi connectivity index (χ1v) is 9.94. The van der Waals surface area contributed by atoms with Crippen molar-refractivity contribution in [2.24, 2.45) is 11.7 Å². The summed E-state index contributed by atoms with van der Waals surface area (Å²) in [6, 6.07) is 6.22. The van der Waals surface area contributed by atoms with Crippen molar-refractivity contribution in [3.8, 4) is 0 Å². The van der Waals surface area contributed by atoms with Crippen molar-refractivity contribution in [3.63, 3.8) is 0 Å². The third kappa shape index (κ3) is 6.31. The van der Waals surface area contributed by atoms with Gasteiger partial charge in [0.15, 0.2) is 0 Å². The van der Waals surface area contributed by atoms with Crippen molar-refractivity contribution in [1.29, 1.82) is 0 Å². The molecule has 1 aromatic carbocycles. The molecule has 1 atom stereocenters. The molecule has 1 aliphatic rings. The minimum Gasteiger partial charge on any atom is -0.340 e. The van der Waals surface area contributed by atoms with E-state index in [-0.39, 0.29) is 29.6 Å². The van der Waals surface area contributed by atoms with Crippen LogP contribution in [0.3, 0.4) is 0 Å². The van der Waals surface area contributed by atoms with Crippen molar-refractivity contribution in [3.05, 3.63) is 35.6 Å². The largest absolute Gasteiger partial charge is 0.340 e. The first-order valence-electron chi connectivity index (χ1n) is 9.94. The predicted molar refractivity (Wildman–Crippen MR) is 104 cm³/mol. The number of hydrogen-bond acceptors (Lipinski definition) is 3. The molecular formula is C21H32FN3O2. The van der Waals surface area contributed by atoms with E-state index in [1.807, 2.05) is 9.80 Å². The van der Waals surface area contributed by atoms with Gasteiger partial charge in [-0.05, 0) is 43.0 Å². The summed E-state index contributed by atoms with van der Waals surface area (Å²) < 4.78 is 13.2. The minimum absolute atomic E-state index is 0.0435. The van der Waals surface area contributed by atoms with Crippen molar-refractivity contribution < 1.29 is 14.0 Å². The van der Waals surface area contributed by atoms with Crippen LogP contribution in [0.2, 0.25) is 0 Å². The number of unbranched alkanes of at least 4 members (excludes halogenated alkanes) is 2. The number of benzene rings is 1. The molecule has 0 spiro atoms. The first-order chi connectivity index (χ1) is 12.9. The quantitative estimate of drug-likeness (QED) is 0.709. The zero-order valence-electron chi connectivity index (χ0n) is 16.5. The first kappa shape index (κ1) is 21.4. The molecule has 0 unspecified atom stereocenters. The Bertz CT molecular complexity index is 618. The highest BCUT2D eigenvalue weighted by atomic mass is 19.1. The number of hydrogen-bond donors (Lipinski definition) is 1. The van der Waals surface area contributed by atoms with Crippen LogP contribution in [-0.2, 0) is 16.1 Å². The van der Waals surface area contributed by atoms with Gasteiger partial charge in [-0.1, -0.05) is 32.4 Å². The molecular weight excluding hydrogens is 345 g/mol. The van der Waals surface area contributed by atoms with Gasteiger partial charge in [0.2, 0.25) is 11.8 Å². The smallest absolute Gasteiger partial charge is 0.224 e. The highest BCUT2D eigenvalue weighted by Crippen LogP contribution is 2.22. The number of rotatable bonds is 8. The Kier molecular flexibility index (Phi) is 8.23. The Morgan fingerprint density at radius 2 is 1.93 bits per heavy atom. The fourth-order valence-corrected chi connectivity index (χ4v) is 3.52. The standard InChI is InChI=1S/C21H32FN3O2/c1-16(2)19-15-24(20(26)6-4-3-5-12-23)13-11-21(27)25(19)14-17-7-9-18(22)10-8-17/h7-10,16,19H,3-6,11-15,23H2,1-2H3/t19-/m1/s1. The van der Waals surface area contributed by atoms with Gasteiger partial charge in [-0.25, -0.2) is 4.39 Å². The van der Waals surface area contributed by atoms with Crippen LogP contribution in [0.15, 0.2) is 24.3 Å². The molecule has 5 nitrogen and oxygen atoms in total. The highest BCUT2D eigenvalue weighted by Gasteiger charge is 2.33. The SMILES string of the molecule is CC(C)[C@H]1CN(C(=O)CCCCCN)CCC(=O)N1Cc1ccc(F)cc1. The van der Waals surface area contributed by atoms with Crippen molar-refractivity contribution in [2.45, 2.75) is 58.5 Å². The molecule has 27 heavy (non-hydrogen) atoms. The van der Waals surface area contributed by atoms with Gasteiger partial charge >= 0.3 is 0 Å². The molecule has 6 heteroatoms. The van der Waals surface area contributed by atoms with E-state index in [1.54, 1.807) is 12.1 Å². The van der Waals surface area contributed by atoms with Crippen LogP contribution in [0, 0.1) is 11.7 Å². The summed E-state index contributed by atoms with van der Waals surface area (Å²) in [6.07, 6.45) is 3.58. The van der Waals surface area contributed by atoms with E-state index in [0.29, 0.717) is 39.0 Å². The third-order valence-electron chi connectivity index (χ3n) is 5.21. The van der Waals surface area contributed by atoms with Crippen LogP contribution in [0.25, 0.3) is 0 Å². The lowest BCUT2D eigenvalue weighted by Crippen LogP contribution is -2.47. The molecule has 0 radical (unpaired) electrons. The minimum atomic E-state index is -0.284. The fourth-order valence-electron chi connectivity index (χ4n) is 3.52. The van der Waals surface area contributed by atoms with E-state index in [4.69, 9.17) is 5.73 Å². The molecule has 2 N–H and O–H groups in total. The van der Waals surface area contributed by atoms with Gasteiger partial charge in [0.25, 0.3) is 0 Å². The zero-order chi connectivity index (χ0) is 19.8. The highest BCUT2D eigenvalue weighted by molar-refractivity contribution is 5.80. The fraction of sp³-hybridized carbons (Fsp3) is 0.619. The summed E-state index contributed by atoms with van der Waals surface area (Å²) in [6.45, 7) is 6.27. The van der Waals surface area contributed by atoms with E-state index in [2.05, 4.69) is 13.8 Å². The van der Waals surface area contributed by atoms with Crippen LogP contribution in [0.5, 0.6) is 0 Å². The van der Waals surface area contributed by atoms with E-state index < -0.39 is 0 Å². The number of carbonyl (C=O) groups is 2. The third-order valence-corrected chi connectivity index (χ3v) is 5.21. The number of nitrogens with two attached hydrogens (primary N) is 1. The number of carbonyl (C=O) groups excluding carboxylic acids is 2. The summed E-state index contributed by atoms with van der Waals surface area (Å²) >= 11 is 0. The van der Waals surface area contributed by atoms with Crippen LogP contribution in [-0.4, -0.2) is 47.3 Å². The molecule has 1 fully saturated rings. The molecule has 1 aliphatic heterocycles. The van der Waals surface area contributed by atoms with Gasteiger partial charge in [-0.3, -0.25) is 9.59 Å². The van der Waals surface area contributed by atoms with E-state index in [1.165, 1.54) is 12.1 Å². The molecule has 150 valence electrons. The summed E-state index contributed by atoms with van der Waals surface area (Å²) in [5, 5.41) is 0. The molecule has 0 aliphatic carbocycles. The van der Waals surface area contributed by atoms with Gasteiger partial charge in [-0.2, -0.15) is 0 Å². The molecule has 2 rings (SSSR count). The average molecular weight is 378 g/mol. The molecule has 0 bridgehead atoms. The second-order valence-corrected chi connectivity index (χ2v) is 7.65. The second-order valence-electron chi connectivity index (χ2n) is 7.65. The molecule has 2 amide bonds. The Morgan fingerprint density at radius 1 is 1.22 bits per heavy atom. The van der Waals surface area contributed by atoms with Gasteiger partial charge < -0.3 is 15.5 Å².